The summed E-state index contributed by atoms with van der Waals surface area (Å²) in [5.74, 6) is -0.0753. The lowest BCUT2D eigenvalue weighted by atomic mass is 10.0. The smallest absolute Gasteiger partial charge is 0.220 e. The number of carbonyl (C=O) groups is 1. The molecule has 0 saturated carbocycles. The summed E-state index contributed by atoms with van der Waals surface area (Å²) >= 11 is 0. The maximum absolute atomic E-state index is 12.2. The van der Waals surface area contributed by atoms with Gasteiger partial charge in [-0.3, -0.25) is 4.79 Å². The molecule has 134 valence electrons. The fourth-order valence-electron chi connectivity index (χ4n) is 3.01. The summed E-state index contributed by atoms with van der Waals surface area (Å²) in [4.78, 5) is 11.9. The summed E-state index contributed by atoms with van der Waals surface area (Å²) in [5.41, 5.74) is 2.50. The van der Waals surface area contributed by atoms with E-state index in [1.54, 1.807) is 4.31 Å². The average molecular weight is 353 g/mol. The van der Waals surface area contributed by atoms with Crippen LogP contribution in [0.25, 0.3) is 0 Å². The van der Waals surface area contributed by atoms with E-state index >= 15 is 0 Å². The van der Waals surface area contributed by atoms with Gasteiger partial charge in [0.05, 0.1) is 5.75 Å². The Morgan fingerprint density at radius 1 is 1.17 bits per heavy atom. The van der Waals surface area contributed by atoms with Crippen LogP contribution in [0.4, 0.5) is 0 Å². The van der Waals surface area contributed by atoms with Crippen LogP contribution >= 0.6 is 0 Å². The molecule has 1 aliphatic heterocycles. The van der Waals surface area contributed by atoms with E-state index in [-0.39, 0.29) is 18.2 Å². The van der Waals surface area contributed by atoms with Crippen molar-refractivity contribution in [3.63, 3.8) is 0 Å². The number of amides is 1. The second-order valence-corrected chi connectivity index (χ2v) is 8.49. The molecule has 1 aliphatic rings. The highest BCUT2D eigenvalue weighted by Gasteiger charge is 2.23. The zero-order valence-corrected chi connectivity index (χ0v) is 15.3. The fraction of sp³-hybridized carbons (Fsp3) is 0.611. The third-order valence-electron chi connectivity index (χ3n) is 4.50. The molecule has 1 aromatic rings. The van der Waals surface area contributed by atoms with Gasteiger partial charge in [-0.25, -0.2) is 12.7 Å². The Bertz CT molecular complexity index is 637. The topological polar surface area (TPSA) is 66.5 Å². The van der Waals surface area contributed by atoms with E-state index in [0.717, 1.165) is 32.1 Å². The number of sulfonamides is 1. The number of hydrogen-bond donors (Lipinski definition) is 1. The first kappa shape index (κ1) is 18.9. The maximum Gasteiger partial charge on any atom is 0.220 e. The summed E-state index contributed by atoms with van der Waals surface area (Å²) in [5, 5.41) is 2.73. The molecule has 1 fully saturated rings. The highest BCUT2D eigenvalue weighted by atomic mass is 32.2. The van der Waals surface area contributed by atoms with Gasteiger partial charge in [0.15, 0.2) is 0 Å². The lowest BCUT2D eigenvalue weighted by molar-refractivity contribution is -0.121. The van der Waals surface area contributed by atoms with Crippen LogP contribution in [0.3, 0.4) is 0 Å². The first-order valence-corrected chi connectivity index (χ1v) is 10.4. The molecule has 0 atom stereocenters. The first-order chi connectivity index (χ1) is 11.5. The molecule has 1 heterocycles. The Kier molecular flexibility index (Phi) is 7.24. The van der Waals surface area contributed by atoms with E-state index in [1.807, 2.05) is 12.1 Å². The number of aryl methyl sites for hydroxylation is 2. The van der Waals surface area contributed by atoms with Crippen molar-refractivity contribution in [1.29, 1.82) is 0 Å². The molecule has 1 aromatic carbocycles. The first-order valence-electron chi connectivity index (χ1n) is 8.78. The van der Waals surface area contributed by atoms with Crippen molar-refractivity contribution < 1.29 is 13.2 Å². The van der Waals surface area contributed by atoms with Crippen LogP contribution in [0.2, 0.25) is 0 Å². The minimum Gasteiger partial charge on any atom is -0.355 e. The highest BCUT2D eigenvalue weighted by molar-refractivity contribution is 7.89. The normalized spacial score (nSPS) is 16.0. The van der Waals surface area contributed by atoms with Gasteiger partial charge in [0.1, 0.15) is 0 Å². The molecule has 1 saturated heterocycles. The number of benzene rings is 1. The van der Waals surface area contributed by atoms with Crippen molar-refractivity contribution in [2.24, 2.45) is 0 Å². The molecule has 0 radical (unpaired) electrons. The third kappa shape index (κ3) is 5.91. The van der Waals surface area contributed by atoms with Gasteiger partial charge >= 0.3 is 0 Å². The van der Waals surface area contributed by atoms with Gasteiger partial charge in [-0.05, 0) is 43.7 Å². The number of nitrogens with zero attached hydrogens (tertiary/aromatic N) is 1. The molecule has 5 nitrogen and oxygen atoms in total. The number of nitrogens with one attached hydrogen (secondary N) is 1. The Labute approximate surface area is 145 Å². The highest BCUT2D eigenvalue weighted by Crippen LogP contribution is 2.13. The van der Waals surface area contributed by atoms with Crippen LogP contribution in [-0.4, -0.2) is 44.0 Å². The van der Waals surface area contributed by atoms with Crippen molar-refractivity contribution in [3.05, 3.63) is 35.4 Å². The van der Waals surface area contributed by atoms with Gasteiger partial charge in [-0.2, -0.15) is 0 Å². The van der Waals surface area contributed by atoms with Crippen molar-refractivity contribution in [3.8, 4) is 0 Å². The number of piperidine rings is 1. The molecule has 0 unspecified atom stereocenters. The zero-order chi connectivity index (χ0) is 17.4. The molecule has 1 amide bonds. The van der Waals surface area contributed by atoms with Crippen LogP contribution in [0.15, 0.2) is 24.3 Å². The minimum absolute atomic E-state index is 0.00344. The third-order valence-corrected chi connectivity index (χ3v) is 6.37. The molecule has 6 heteroatoms. The minimum atomic E-state index is -3.23. The summed E-state index contributed by atoms with van der Waals surface area (Å²) < 4.78 is 25.9. The van der Waals surface area contributed by atoms with Gasteiger partial charge in [0, 0.05) is 26.1 Å². The van der Waals surface area contributed by atoms with E-state index in [0.29, 0.717) is 19.5 Å². The van der Waals surface area contributed by atoms with E-state index < -0.39 is 10.0 Å². The lowest BCUT2D eigenvalue weighted by Gasteiger charge is -2.25. The molecular formula is C18H28N2O3S. The molecular weight excluding hydrogens is 324 g/mol. The quantitative estimate of drug-likeness (QED) is 0.780. The molecule has 2 rings (SSSR count). The summed E-state index contributed by atoms with van der Waals surface area (Å²) in [6.07, 6.45) is 5.04. The van der Waals surface area contributed by atoms with Crippen LogP contribution in [0.1, 0.15) is 43.2 Å². The lowest BCUT2D eigenvalue weighted by Crippen LogP contribution is -2.40. The van der Waals surface area contributed by atoms with Crippen LogP contribution in [0, 0.1) is 6.92 Å². The molecule has 24 heavy (non-hydrogen) atoms. The zero-order valence-electron chi connectivity index (χ0n) is 14.5. The van der Waals surface area contributed by atoms with E-state index in [4.69, 9.17) is 0 Å². The average Bonchev–Trinajstić information content (AvgIpc) is 2.57. The summed E-state index contributed by atoms with van der Waals surface area (Å²) in [6, 6.07) is 8.17. The van der Waals surface area contributed by atoms with Crippen LogP contribution in [0.5, 0.6) is 0 Å². The molecule has 0 aromatic heterocycles. The maximum atomic E-state index is 12.2. The van der Waals surface area contributed by atoms with Crippen molar-refractivity contribution in [2.45, 2.75) is 45.4 Å². The number of hydrogen-bond acceptors (Lipinski definition) is 3. The van der Waals surface area contributed by atoms with Gasteiger partial charge < -0.3 is 5.32 Å². The van der Waals surface area contributed by atoms with Crippen LogP contribution in [-0.2, 0) is 21.2 Å². The second kappa shape index (κ2) is 9.18. The van der Waals surface area contributed by atoms with Crippen molar-refractivity contribution in [2.75, 3.05) is 25.4 Å². The Balaban J connectivity index is 1.65. The standard InChI is InChI=1S/C18H28N2O3S/c1-16-8-3-4-9-17(16)10-7-11-18(21)19-12-15-24(22,23)20-13-5-2-6-14-20/h3-4,8-9H,2,5-7,10-15H2,1H3,(H,19,21). The SMILES string of the molecule is Cc1ccccc1CCCC(=O)NCCS(=O)(=O)N1CCCCC1. The van der Waals surface area contributed by atoms with Gasteiger partial charge in [-0.15, -0.1) is 0 Å². The van der Waals surface area contributed by atoms with E-state index in [1.165, 1.54) is 11.1 Å². The molecule has 1 N–H and O–H groups in total. The Morgan fingerprint density at radius 2 is 1.88 bits per heavy atom. The predicted molar refractivity (Wildman–Crippen MR) is 96.3 cm³/mol. The van der Waals surface area contributed by atoms with Gasteiger partial charge in [-0.1, -0.05) is 30.7 Å². The molecule has 0 aliphatic carbocycles. The fourth-order valence-corrected chi connectivity index (χ4v) is 4.44. The summed E-state index contributed by atoms with van der Waals surface area (Å²) in [7, 11) is -3.23. The Hall–Kier alpha value is -1.40. The Morgan fingerprint density at radius 3 is 2.58 bits per heavy atom. The van der Waals surface area contributed by atoms with Gasteiger partial charge in [0.25, 0.3) is 0 Å². The van der Waals surface area contributed by atoms with Gasteiger partial charge in [0.2, 0.25) is 15.9 Å². The summed E-state index contributed by atoms with van der Waals surface area (Å²) in [6.45, 7) is 3.50. The van der Waals surface area contributed by atoms with Crippen molar-refractivity contribution >= 4 is 15.9 Å². The largest absolute Gasteiger partial charge is 0.355 e. The second-order valence-electron chi connectivity index (χ2n) is 6.41. The number of rotatable bonds is 8. The molecule has 0 spiro atoms. The number of carbonyl (C=O) groups excluding carboxylic acids is 1. The van der Waals surface area contributed by atoms with E-state index in [2.05, 4.69) is 24.4 Å². The monoisotopic (exact) mass is 352 g/mol. The van der Waals surface area contributed by atoms with E-state index in [9.17, 15) is 13.2 Å². The molecule has 0 bridgehead atoms. The van der Waals surface area contributed by atoms with Crippen molar-refractivity contribution in [1.82, 2.24) is 9.62 Å². The predicted octanol–water partition coefficient (Wildman–Crippen LogP) is 2.25. The van der Waals surface area contributed by atoms with Crippen LogP contribution < -0.4 is 5.32 Å².